The van der Waals surface area contributed by atoms with Crippen molar-refractivity contribution in [2.45, 2.75) is 59.4 Å². The number of halogens is 2. The largest absolute Gasteiger partial charge is 0.501 e. The van der Waals surface area contributed by atoms with Crippen LogP contribution in [0.1, 0.15) is 58.4 Å². The third-order valence-electron chi connectivity index (χ3n) is 5.36. The molecule has 0 atom stereocenters. The van der Waals surface area contributed by atoms with Gasteiger partial charge in [-0.3, -0.25) is 15.1 Å². The highest BCUT2D eigenvalue weighted by Crippen LogP contribution is 2.27. The summed E-state index contributed by atoms with van der Waals surface area (Å²) in [5.41, 5.74) is 0.465. The Morgan fingerprint density at radius 3 is 2.27 bits per heavy atom. The van der Waals surface area contributed by atoms with E-state index in [2.05, 4.69) is 0 Å². The van der Waals surface area contributed by atoms with Gasteiger partial charge in [-0.1, -0.05) is 38.8 Å². The Hall–Kier alpha value is -3.29. The smallest absolute Gasteiger partial charge is 0.337 e. The van der Waals surface area contributed by atoms with Gasteiger partial charge in [0, 0.05) is 18.2 Å². The molecule has 1 heterocycles. The highest BCUT2D eigenvalue weighted by atomic mass is 19.1. The standard InChI is InChI=1S/C25H31F2N3O3/c1-5-10-17(7-3)22-23(28)30(16-19-20(26)13-8-14-21(19)27)25(32)29(24(22)31)15-9-12-18(33-4)11-6-2/h8-9,12-15,28H,5-7,10-11,16H2,1-4H3/b15-9+,18-12+,22-17+,28-23?. The summed E-state index contributed by atoms with van der Waals surface area (Å²) in [5.74, 6) is -1.94. The molecule has 2 rings (SSSR count). The fourth-order valence-corrected chi connectivity index (χ4v) is 3.62. The van der Waals surface area contributed by atoms with Crippen LogP contribution >= 0.6 is 0 Å². The first kappa shape index (κ1) is 26.0. The van der Waals surface area contributed by atoms with Gasteiger partial charge in [-0.2, -0.15) is 0 Å². The Bertz CT molecular complexity index is 978. The first-order valence-electron chi connectivity index (χ1n) is 11.1. The van der Waals surface area contributed by atoms with Gasteiger partial charge >= 0.3 is 6.03 Å². The van der Waals surface area contributed by atoms with E-state index in [1.54, 1.807) is 6.08 Å². The van der Waals surface area contributed by atoms with Crippen molar-refractivity contribution >= 4 is 17.8 Å². The van der Waals surface area contributed by atoms with Crippen molar-refractivity contribution < 1.29 is 23.1 Å². The number of nitrogens with zero attached hydrogens (tertiary/aromatic N) is 2. The monoisotopic (exact) mass is 459 g/mol. The summed E-state index contributed by atoms with van der Waals surface area (Å²) in [6.45, 7) is 5.31. The van der Waals surface area contributed by atoms with E-state index in [4.69, 9.17) is 10.1 Å². The van der Waals surface area contributed by atoms with E-state index in [1.807, 2.05) is 20.8 Å². The topological polar surface area (TPSA) is 73.7 Å². The summed E-state index contributed by atoms with van der Waals surface area (Å²) in [4.78, 5) is 28.2. The number of hydrogen-bond donors (Lipinski definition) is 1. The molecule has 0 saturated carbocycles. The molecule has 0 unspecified atom stereocenters. The lowest BCUT2D eigenvalue weighted by molar-refractivity contribution is -0.122. The zero-order valence-corrected chi connectivity index (χ0v) is 19.6. The third-order valence-corrected chi connectivity index (χ3v) is 5.36. The van der Waals surface area contributed by atoms with Gasteiger partial charge in [-0.15, -0.1) is 0 Å². The Morgan fingerprint density at radius 1 is 1.09 bits per heavy atom. The molecule has 0 radical (unpaired) electrons. The van der Waals surface area contributed by atoms with Crippen LogP contribution in [0.4, 0.5) is 13.6 Å². The molecular formula is C25H31F2N3O3. The van der Waals surface area contributed by atoms with Crippen molar-refractivity contribution in [3.63, 3.8) is 0 Å². The molecule has 6 nitrogen and oxygen atoms in total. The quantitative estimate of drug-likeness (QED) is 0.263. The second kappa shape index (κ2) is 12.1. The molecule has 0 bridgehead atoms. The SMILES string of the molecule is CCC/C(=C\C=C\N1C(=O)/C(=C(\CC)CCC)C(=N)N(Cc2c(F)cccc2F)C1=O)OC. The van der Waals surface area contributed by atoms with Gasteiger partial charge in [-0.05, 0) is 43.5 Å². The maximum Gasteiger partial charge on any atom is 0.337 e. The van der Waals surface area contributed by atoms with E-state index in [1.165, 1.54) is 25.5 Å². The Labute approximate surface area is 193 Å². The number of carbonyl (C=O) groups is 2. The van der Waals surface area contributed by atoms with Crippen molar-refractivity contribution in [2.75, 3.05) is 7.11 Å². The Morgan fingerprint density at radius 2 is 1.73 bits per heavy atom. The van der Waals surface area contributed by atoms with Gasteiger partial charge in [0.15, 0.2) is 0 Å². The van der Waals surface area contributed by atoms with E-state index >= 15 is 0 Å². The van der Waals surface area contributed by atoms with Gasteiger partial charge in [0.1, 0.15) is 17.5 Å². The van der Waals surface area contributed by atoms with Crippen LogP contribution in [0, 0.1) is 17.0 Å². The summed E-state index contributed by atoms with van der Waals surface area (Å²) in [6.07, 6.45) is 7.84. The minimum atomic E-state index is -0.845. The molecule has 33 heavy (non-hydrogen) atoms. The number of imide groups is 1. The summed E-state index contributed by atoms with van der Waals surface area (Å²) in [6, 6.07) is 2.57. The van der Waals surface area contributed by atoms with Crippen LogP contribution in [0.25, 0.3) is 0 Å². The molecule has 8 heteroatoms. The van der Waals surface area contributed by atoms with Crippen LogP contribution in [0.3, 0.4) is 0 Å². The number of amides is 3. The zero-order chi connectivity index (χ0) is 24.5. The van der Waals surface area contributed by atoms with Crippen molar-refractivity contribution in [3.8, 4) is 0 Å². The molecule has 0 spiro atoms. The van der Waals surface area contributed by atoms with Crippen LogP contribution in [-0.4, -0.2) is 34.7 Å². The zero-order valence-electron chi connectivity index (χ0n) is 19.6. The van der Waals surface area contributed by atoms with Crippen LogP contribution in [-0.2, 0) is 16.1 Å². The summed E-state index contributed by atoms with van der Waals surface area (Å²) in [5, 5.41) is 8.59. The molecule has 1 N–H and O–H groups in total. The van der Waals surface area contributed by atoms with Crippen LogP contribution in [0.2, 0.25) is 0 Å². The number of amidine groups is 1. The van der Waals surface area contributed by atoms with Crippen molar-refractivity contribution in [2.24, 2.45) is 0 Å². The second-order valence-corrected chi connectivity index (χ2v) is 7.60. The number of hydrogen-bond acceptors (Lipinski definition) is 4. The number of allylic oxidation sites excluding steroid dienone is 4. The molecule has 178 valence electrons. The fraction of sp³-hybridized carbons (Fsp3) is 0.400. The van der Waals surface area contributed by atoms with E-state index in [-0.39, 0.29) is 17.0 Å². The molecule has 0 aromatic heterocycles. The van der Waals surface area contributed by atoms with Crippen molar-refractivity contribution in [3.05, 3.63) is 70.7 Å². The molecular weight excluding hydrogens is 428 g/mol. The molecule has 0 aliphatic carbocycles. The predicted molar refractivity (Wildman–Crippen MR) is 123 cm³/mol. The average molecular weight is 460 g/mol. The van der Waals surface area contributed by atoms with Gasteiger partial charge in [0.05, 0.1) is 25.0 Å². The lowest BCUT2D eigenvalue weighted by Crippen LogP contribution is -2.54. The molecule has 1 aromatic rings. The summed E-state index contributed by atoms with van der Waals surface area (Å²) < 4.78 is 33.9. The Kier molecular flexibility index (Phi) is 9.51. The van der Waals surface area contributed by atoms with Crippen molar-refractivity contribution in [1.29, 1.82) is 5.41 Å². The number of urea groups is 1. The number of rotatable bonds is 10. The summed E-state index contributed by atoms with van der Waals surface area (Å²) >= 11 is 0. The molecule has 1 aromatic carbocycles. The first-order chi connectivity index (χ1) is 15.8. The van der Waals surface area contributed by atoms with E-state index in [0.717, 1.165) is 40.3 Å². The van der Waals surface area contributed by atoms with E-state index in [0.29, 0.717) is 25.0 Å². The fourth-order valence-electron chi connectivity index (χ4n) is 3.62. The average Bonchev–Trinajstić information content (AvgIpc) is 2.79. The summed E-state index contributed by atoms with van der Waals surface area (Å²) in [7, 11) is 1.54. The molecule has 3 amide bonds. The van der Waals surface area contributed by atoms with Gasteiger partial charge < -0.3 is 4.74 Å². The minimum absolute atomic E-state index is 0.0878. The number of nitrogens with one attached hydrogen (secondary N) is 1. The Balaban J connectivity index is 2.54. The number of methoxy groups -OCH3 is 1. The first-order valence-corrected chi connectivity index (χ1v) is 11.1. The van der Waals surface area contributed by atoms with Gasteiger partial charge in [-0.25, -0.2) is 18.5 Å². The lowest BCUT2D eigenvalue weighted by Gasteiger charge is -2.35. The predicted octanol–water partition coefficient (Wildman–Crippen LogP) is 6.06. The van der Waals surface area contributed by atoms with Crippen molar-refractivity contribution in [1.82, 2.24) is 9.80 Å². The molecule has 1 aliphatic rings. The highest BCUT2D eigenvalue weighted by Gasteiger charge is 2.40. The number of ether oxygens (including phenoxy) is 1. The number of benzene rings is 1. The molecule has 1 saturated heterocycles. The number of carbonyl (C=O) groups excluding carboxylic acids is 2. The van der Waals surface area contributed by atoms with Crippen LogP contribution < -0.4 is 0 Å². The minimum Gasteiger partial charge on any atom is -0.501 e. The molecule has 1 fully saturated rings. The van der Waals surface area contributed by atoms with Gasteiger partial charge in [0.2, 0.25) is 0 Å². The van der Waals surface area contributed by atoms with E-state index < -0.39 is 30.1 Å². The normalized spacial score (nSPS) is 16.8. The maximum absolute atomic E-state index is 14.3. The lowest BCUT2D eigenvalue weighted by atomic mass is 9.97. The van der Waals surface area contributed by atoms with Gasteiger partial charge in [0.25, 0.3) is 5.91 Å². The highest BCUT2D eigenvalue weighted by molar-refractivity contribution is 6.30. The van der Waals surface area contributed by atoms with Crippen LogP contribution in [0.5, 0.6) is 0 Å². The molecule has 1 aliphatic heterocycles. The maximum atomic E-state index is 14.3. The third kappa shape index (κ3) is 5.94. The second-order valence-electron chi connectivity index (χ2n) is 7.60. The van der Waals surface area contributed by atoms with E-state index in [9.17, 15) is 18.4 Å². The van der Waals surface area contributed by atoms with Crippen LogP contribution in [0.15, 0.2) is 53.5 Å².